The smallest absolute Gasteiger partial charge is 0.0756 e. The molecule has 3 N–H and O–H groups in total. The van der Waals surface area contributed by atoms with Gasteiger partial charge in [0.05, 0.1) is 5.60 Å². The molecule has 0 bridgehead atoms. The summed E-state index contributed by atoms with van der Waals surface area (Å²) in [6, 6.07) is 1.22. The molecule has 2 atom stereocenters. The van der Waals surface area contributed by atoms with E-state index in [1.165, 1.54) is 32.2 Å². The zero-order valence-electron chi connectivity index (χ0n) is 11.1. The molecule has 0 amide bonds. The molecule has 96 valence electrons. The summed E-state index contributed by atoms with van der Waals surface area (Å²) in [6.07, 6.45) is 5.94. The number of hydrogen-bond donors (Lipinski definition) is 2. The second-order valence-electron chi connectivity index (χ2n) is 5.58. The Morgan fingerprint density at radius 2 is 2.12 bits per heavy atom. The SMILES string of the molecule is CCCCN(C(C)CC(C)(O)CN)C1CC1. The summed E-state index contributed by atoms with van der Waals surface area (Å²) in [5.41, 5.74) is 4.87. The van der Waals surface area contributed by atoms with E-state index in [1.807, 2.05) is 6.92 Å². The van der Waals surface area contributed by atoms with Crippen molar-refractivity contribution in [3.05, 3.63) is 0 Å². The predicted octanol–water partition coefficient (Wildman–Crippen LogP) is 1.74. The second-order valence-corrected chi connectivity index (χ2v) is 5.58. The van der Waals surface area contributed by atoms with Crippen molar-refractivity contribution in [1.29, 1.82) is 0 Å². The molecule has 1 fully saturated rings. The number of unbranched alkanes of at least 4 members (excludes halogenated alkanes) is 1. The molecule has 1 aliphatic carbocycles. The summed E-state index contributed by atoms with van der Waals surface area (Å²) >= 11 is 0. The van der Waals surface area contributed by atoms with Crippen LogP contribution in [0.25, 0.3) is 0 Å². The lowest BCUT2D eigenvalue weighted by Crippen LogP contribution is -2.44. The van der Waals surface area contributed by atoms with Crippen LogP contribution in [-0.4, -0.2) is 40.8 Å². The maximum atomic E-state index is 10.0. The summed E-state index contributed by atoms with van der Waals surface area (Å²) < 4.78 is 0. The molecule has 3 heteroatoms. The zero-order valence-corrected chi connectivity index (χ0v) is 11.1. The van der Waals surface area contributed by atoms with Gasteiger partial charge >= 0.3 is 0 Å². The first-order valence-corrected chi connectivity index (χ1v) is 6.68. The van der Waals surface area contributed by atoms with Gasteiger partial charge in [-0.25, -0.2) is 0 Å². The lowest BCUT2D eigenvalue weighted by Gasteiger charge is -2.34. The second kappa shape index (κ2) is 5.99. The van der Waals surface area contributed by atoms with E-state index < -0.39 is 5.60 Å². The molecule has 1 rings (SSSR count). The Kier molecular flexibility index (Phi) is 5.22. The molecule has 0 aromatic rings. The number of nitrogens with two attached hydrogens (primary N) is 1. The van der Waals surface area contributed by atoms with E-state index in [0.717, 1.165) is 12.5 Å². The van der Waals surface area contributed by atoms with Crippen LogP contribution in [-0.2, 0) is 0 Å². The van der Waals surface area contributed by atoms with Crippen LogP contribution < -0.4 is 5.73 Å². The van der Waals surface area contributed by atoms with Gasteiger partial charge in [-0.15, -0.1) is 0 Å². The van der Waals surface area contributed by atoms with Crippen molar-refractivity contribution in [3.63, 3.8) is 0 Å². The summed E-state index contributed by atoms with van der Waals surface area (Å²) in [5.74, 6) is 0. The largest absolute Gasteiger partial charge is 0.389 e. The highest BCUT2D eigenvalue weighted by Crippen LogP contribution is 2.31. The van der Waals surface area contributed by atoms with Crippen molar-refractivity contribution < 1.29 is 5.11 Å². The van der Waals surface area contributed by atoms with Crippen LogP contribution in [0.4, 0.5) is 0 Å². The number of rotatable bonds is 8. The lowest BCUT2D eigenvalue weighted by molar-refractivity contribution is 0.0265. The molecule has 0 aromatic carbocycles. The maximum absolute atomic E-state index is 10.0. The van der Waals surface area contributed by atoms with Crippen LogP contribution >= 0.6 is 0 Å². The molecule has 1 saturated carbocycles. The minimum absolute atomic E-state index is 0.351. The number of hydrogen-bond acceptors (Lipinski definition) is 3. The first-order valence-electron chi connectivity index (χ1n) is 6.68. The monoisotopic (exact) mass is 228 g/mol. The van der Waals surface area contributed by atoms with Crippen LogP contribution in [0.3, 0.4) is 0 Å². The molecular weight excluding hydrogens is 200 g/mol. The molecule has 2 unspecified atom stereocenters. The normalized spacial score (nSPS) is 22.1. The van der Waals surface area contributed by atoms with Crippen molar-refractivity contribution in [2.75, 3.05) is 13.1 Å². The third-order valence-corrected chi connectivity index (χ3v) is 3.53. The van der Waals surface area contributed by atoms with Gasteiger partial charge in [-0.05, 0) is 46.1 Å². The van der Waals surface area contributed by atoms with Gasteiger partial charge in [0.15, 0.2) is 0 Å². The predicted molar refractivity (Wildman–Crippen MR) is 68.4 cm³/mol. The van der Waals surface area contributed by atoms with Crippen molar-refractivity contribution in [3.8, 4) is 0 Å². The number of nitrogens with zero attached hydrogens (tertiary/aromatic N) is 1. The Labute approximate surface area is 100 Å². The van der Waals surface area contributed by atoms with E-state index in [1.54, 1.807) is 0 Å². The fourth-order valence-corrected chi connectivity index (χ4v) is 2.35. The first-order chi connectivity index (χ1) is 7.50. The Bertz CT molecular complexity index is 202. The molecule has 0 saturated heterocycles. The topological polar surface area (TPSA) is 49.5 Å². The molecular formula is C13H28N2O. The van der Waals surface area contributed by atoms with Crippen molar-refractivity contribution in [2.24, 2.45) is 5.73 Å². The Hall–Kier alpha value is -0.120. The van der Waals surface area contributed by atoms with Crippen LogP contribution in [0.2, 0.25) is 0 Å². The van der Waals surface area contributed by atoms with Crippen molar-refractivity contribution in [1.82, 2.24) is 4.90 Å². The third-order valence-electron chi connectivity index (χ3n) is 3.53. The molecule has 0 heterocycles. The van der Waals surface area contributed by atoms with Crippen LogP contribution in [0.5, 0.6) is 0 Å². The van der Waals surface area contributed by atoms with E-state index >= 15 is 0 Å². The van der Waals surface area contributed by atoms with Gasteiger partial charge in [-0.1, -0.05) is 13.3 Å². The molecule has 1 aliphatic rings. The van der Waals surface area contributed by atoms with Gasteiger partial charge < -0.3 is 10.8 Å². The molecule has 0 aromatic heterocycles. The standard InChI is InChI=1S/C13H28N2O/c1-4-5-8-15(12-6-7-12)11(2)9-13(3,16)10-14/h11-12,16H,4-10,14H2,1-3H3. The summed E-state index contributed by atoms with van der Waals surface area (Å²) in [6.45, 7) is 7.81. The molecule has 0 radical (unpaired) electrons. The Balaban J connectivity index is 2.43. The zero-order chi connectivity index (χ0) is 12.2. The minimum Gasteiger partial charge on any atom is -0.389 e. The highest BCUT2D eigenvalue weighted by molar-refractivity contribution is 4.90. The van der Waals surface area contributed by atoms with Gasteiger partial charge in [0.2, 0.25) is 0 Å². The maximum Gasteiger partial charge on any atom is 0.0756 e. The quantitative estimate of drug-likeness (QED) is 0.665. The molecule has 16 heavy (non-hydrogen) atoms. The summed E-state index contributed by atoms with van der Waals surface area (Å²) in [4.78, 5) is 2.56. The van der Waals surface area contributed by atoms with E-state index in [9.17, 15) is 5.11 Å². The van der Waals surface area contributed by atoms with E-state index in [0.29, 0.717) is 12.6 Å². The molecule has 3 nitrogen and oxygen atoms in total. The van der Waals surface area contributed by atoms with Crippen LogP contribution in [0.15, 0.2) is 0 Å². The van der Waals surface area contributed by atoms with Gasteiger partial charge in [0.25, 0.3) is 0 Å². The van der Waals surface area contributed by atoms with Crippen LogP contribution in [0, 0.1) is 0 Å². The average molecular weight is 228 g/mol. The van der Waals surface area contributed by atoms with Crippen molar-refractivity contribution >= 4 is 0 Å². The highest BCUT2D eigenvalue weighted by atomic mass is 16.3. The molecule has 0 aliphatic heterocycles. The fraction of sp³-hybridized carbons (Fsp3) is 1.00. The van der Waals surface area contributed by atoms with E-state index in [2.05, 4.69) is 18.7 Å². The van der Waals surface area contributed by atoms with Gasteiger partial charge in [-0.3, -0.25) is 4.90 Å². The van der Waals surface area contributed by atoms with Crippen molar-refractivity contribution in [2.45, 2.75) is 70.6 Å². The lowest BCUT2D eigenvalue weighted by atomic mass is 9.96. The Morgan fingerprint density at radius 3 is 2.56 bits per heavy atom. The average Bonchev–Trinajstić information content (AvgIpc) is 3.02. The van der Waals surface area contributed by atoms with E-state index in [4.69, 9.17) is 5.73 Å². The van der Waals surface area contributed by atoms with Gasteiger partial charge in [-0.2, -0.15) is 0 Å². The Morgan fingerprint density at radius 1 is 1.50 bits per heavy atom. The summed E-state index contributed by atoms with van der Waals surface area (Å²) in [5, 5.41) is 10.0. The van der Waals surface area contributed by atoms with Crippen LogP contribution in [0.1, 0.15) is 52.9 Å². The molecule has 0 spiro atoms. The third kappa shape index (κ3) is 4.40. The minimum atomic E-state index is -0.710. The first kappa shape index (κ1) is 13.9. The van der Waals surface area contributed by atoms with Gasteiger partial charge in [0, 0.05) is 18.6 Å². The highest BCUT2D eigenvalue weighted by Gasteiger charge is 2.34. The fourth-order valence-electron chi connectivity index (χ4n) is 2.35. The van der Waals surface area contributed by atoms with E-state index in [-0.39, 0.29) is 0 Å². The summed E-state index contributed by atoms with van der Waals surface area (Å²) in [7, 11) is 0. The van der Waals surface area contributed by atoms with Gasteiger partial charge in [0.1, 0.15) is 0 Å². The number of aliphatic hydroxyl groups is 1.